The van der Waals surface area contributed by atoms with Gasteiger partial charge in [-0.1, -0.05) is 42.1 Å². The lowest BCUT2D eigenvalue weighted by Gasteiger charge is -2.41. The first kappa shape index (κ1) is 22.7. The molecule has 30 heavy (non-hydrogen) atoms. The largest absolute Gasteiger partial charge is 0.508 e. The summed E-state index contributed by atoms with van der Waals surface area (Å²) in [5.74, 6) is 1.17. The molecule has 2 aromatic carbocycles. The van der Waals surface area contributed by atoms with E-state index in [0.717, 1.165) is 39.9 Å². The minimum Gasteiger partial charge on any atom is -0.508 e. The Labute approximate surface area is 188 Å². The normalized spacial score (nSPS) is 21.1. The summed E-state index contributed by atoms with van der Waals surface area (Å²) in [5.41, 5.74) is 2.78. The molecule has 0 saturated carbocycles. The van der Waals surface area contributed by atoms with Crippen molar-refractivity contribution in [1.29, 1.82) is 0 Å². The van der Waals surface area contributed by atoms with Gasteiger partial charge < -0.3 is 15.2 Å². The Morgan fingerprint density at radius 1 is 1.07 bits per heavy atom. The second kappa shape index (κ2) is 10.4. The molecule has 2 atom stereocenters. The van der Waals surface area contributed by atoms with Crippen LogP contribution < -0.4 is 15.4 Å². The lowest BCUT2D eigenvalue weighted by molar-refractivity contribution is 0.258. The molecule has 0 fully saturated rings. The fourth-order valence-electron chi connectivity index (χ4n) is 3.97. The zero-order valence-electron chi connectivity index (χ0n) is 18.2. The highest BCUT2D eigenvalue weighted by atomic mass is 79.9. The molecule has 0 aromatic heterocycles. The van der Waals surface area contributed by atoms with Crippen LogP contribution in [-0.4, -0.2) is 17.4 Å². The molecule has 3 N–H and O–H groups in total. The number of phenolic OH excluding ortho intramolecular Hbond substituents is 1. The van der Waals surface area contributed by atoms with Crippen molar-refractivity contribution in [2.24, 2.45) is 0 Å². The van der Waals surface area contributed by atoms with Crippen molar-refractivity contribution in [3.63, 3.8) is 0 Å². The number of halogens is 1. The number of hydrogen-bond donors (Lipinski definition) is 3. The van der Waals surface area contributed by atoms with Crippen LogP contribution in [0, 0.1) is 0 Å². The van der Waals surface area contributed by atoms with Gasteiger partial charge in [-0.2, -0.15) is 0 Å². The van der Waals surface area contributed by atoms with Gasteiger partial charge in [0.25, 0.3) is 0 Å². The number of nitrogens with one attached hydrogen (secondary N) is 2. The number of benzene rings is 2. The summed E-state index contributed by atoms with van der Waals surface area (Å²) in [6, 6.07) is 13.7. The van der Waals surface area contributed by atoms with Gasteiger partial charge in [-0.3, -0.25) is 5.32 Å². The van der Waals surface area contributed by atoms with E-state index in [-0.39, 0.29) is 11.7 Å². The maximum Gasteiger partial charge on any atom is 0.120 e. The molecule has 5 heteroatoms. The van der Waals surface area contributed by atoms with Crippen LogP contribution in [0.2, 0.25) is 0 Å². The Hall–Kier alpha value is -1.98. The maximum absolute atomic E-state index is 10.5. The van der Waals surface area contributed by atoms with Gasteiger partial charge in [0, 0.05) is 15.7 Å². The maximum atomic E-state index is 10.5. The van der Waals surface area contributed by atoms with Crippen LogP contribution >= 0.6 is 15.9 Å². The van der Waals surface area contributed by atoms with E-state index in [9.17, 15) is 5.11 Å². The molecule has 0 amide bonds. The van der Waals surface area contributed by atoms with E-state index in [1.807, 2.05) is 31.2 Å². The third kappa shape index (κ3) is 5.79. The van der Waals surface area contributed by atoms with Crippen molar-refractivity contribution in [3.8, 4) is 11.5 Å². The standard InChI is InChI=1S/C25H33BrN2O2/c1-4-6-7-8-15-25(3)27-22(18-9-12-20(13-10-18)30-5-2)17-23(28-25)21-16-19(26)11-14-24(21)29/h9-14,16-17,23,27-29H,4-8,15H2,1-3H3. The fourth-order valence-corrected chi connectivity index (χ4v) is 4.35. The molecule has 0 saturated heterocycles. The van der Waals surface area contributed by atoms with Gasteiger partial charge >= 0.3 is 0 Å². The average molecular weight is 473 g/mol. The summed E-state index contributed by atoms with van der Waals surface area (Å²) >= 11 is 3.54. The highest BCUT2D eigenvalue weighted by molar-refractivity contribution is 9.10. The minimum atomic E-state index is -0.268. The lowest BCUT2D eigenvalue weighted by atomic mass is 9.93. The van der Waals surface area contributed by atoms with E-state index >= 15 is 0 Å². The summed E-state index contributed by atoms with van der Waals surface area (Å²) < 4.78 is 6.55. The van der Waals surface area contributed by atoms with Gasteiger partial charge in [0.05, 0.1) is 18.3 Å². The summed E-state index contributed by atoms with van der Waals surface area (Å²) in [5, 5.41) is 18.0. The van der Waals surface area contributed by atoms with Gasteiger partial charge in [0.2, 0.25) is 0 Å². The Morgan fingerprint density at radius 3 is 2.53 bits per heavy atom. The summed E-state index contributed by atoms with van der Waals surface area (Å²) in [4.78, 5) is 0. The van der Waals surface area contributed by atoms with E-state index in [1.54, 1.807) is 6.07 Å². The molecule has 1 aliphatic rings. The molecule has 1 heterocycles. The highest BCUT2D eigenvalue weighted by Gasteiger charge is 2.33. The summed E-state index contributed by atoms with van der Waals surface area (Å²) in [7, 11) is 0. The monoisotopic (exact) mass is 472 g/mol. The first-order valence-electron chi connectivity index (χ1n) is 10.9. The molecule has 3 rings (SSSR count). The molecule has 2 unspecified atom stereocenters. The molecule has 1 aliphatic heterocycles. The summed E-state index contributed by atoms with van der Waals surface area (Å²) in [6.45, 7) is 7.09. The number of phenols is 1. The zero-order valence-corrected chi connectivity index (χ0v) is 19.8. The number of rotatable bonds is 9. The molecule has 4 nitrogen and oxygen atoms in total. The lowest BCUT2D eigenvalue weighted by Crippen LogP contribution is -2.57. The molecule has 0 spiro atoms. The van der Waals surface area contributed by atoms with E-state index in [0.29, 0.717) is 12.4 Å². The van der Waals surface area contributed by atoms with Crippen molar-refractivity contribution >= 4 is 21.6 Å². The molecule has 162 valence electrons. The van der Waals surface area contributed by atoms with E-state index in [4.69, 9.17) is 4.74 Å². The van der Waals surface area contributed by atoms with Crippen molar-refractivity contribution < 1.29 is 9.84 Å². The quantitative estimate of drug-likeness (QED) is 0.363. The van der Waals surface area contributed by atoms with E-state index in [1.165, 1.54) is 19.3 Å². The molecule has 0 aliphatic carbocycles. The van der Waals surface area contributed by atoms with E-state index < -0.39 is 0 Å². The van der Waals surface area contributed by atoms with Gasteiger partial charge in [0.15, 0.2) is 0 Å². The topological polar surface area (TPSA) is 53.5 Å². The van der Waals surface area contributed by atoms with Crippen LogP contribution in [-0.2, 0) is 0 Å². The van der Waals surface area contributed by atoms with Gasteiger partial charge in [-0.15, -0.1) is 0 Å². The predicted octanol–water partition coefficient (Wildman–Crippen LogP) is 6.52. The molecular formula is C25H33BrN2O2. The fraction of sp³-hybridized carbons (Fsp3) is 0.440. The Kier molecular flexibility index (Phi) is 7.84. The SMILES string of the molecule is CCCCCCC1(C)NC(c2ccc(OCC)cc2)=CC(c2cc(Br)ccc2O)N1. The Morgan fingerprint density at radius 2 is 1.83 bits per heavy atom. The van der Waals surface area contributed by atoms with Gasteiger partial charge in [-0.05, 0) is 80.8 Å². The first-order chi connectivity index (χ1) is 14.4. The Balaban J connectivity index is 1.91. The van der Waals surface area contributed by atoms with Crippen LogP contribution in [0.25, 0.3) is 5.70 Å². The second-order valence-corrected chi connectivity index (χ2v) is 9.05. The zero-order chi connectivity index (χ0) is 21.6. The highest BCUT2D eigenvalue weighted by Crippen LogP contribution is 2.35. The summed E-state index contributed by atoms with van der Waals surface area (Å²) in [6.07, 6.45) is 8.02. The van der Waals surface area contributed by atoms with E-state index in [2.05, 4.69) is 58.6 Å². The second-order valence-electron chi connectivity index (χ2n) is 8.13. The van der Waals surface area contributed by atoms with Crippen LogP contribution in [0.15, 0.2) is 53.0 Å². The average Bonchev–Trinajstić information content (AvgIpc) is 2.73. The van der Waals surface area contributed by atoms with Gasteiger partial charge in [-0.25, -0.2) is 0 Å². The van der Waals surface area contributed by atoms with Crippen LogP contribution in [0.3, 0.4) is 0 Å². The number of unbranched alkanes of at least 4 members (excludes halogenated alkanes) is 3. The van der Waals surface area contributed by atoms with Crippen molar-refractivity contribution in [3.05, 3.63) is 64.1 Å². The van der Waals surface area contributed by atoms with Gasteiger partial charge in [0.1, 0.15) is 11.5 Å². The van der Waals surface area contributed by atoms with Crippen molar-refractivity contribution in [2.45, 2.75) is 64.6 Å². The predicted molar refractivity (Wildman–Crippen MR) is 128 cm³/mol. The minimum absolute atomic E-state index is 0.0958. The molecular weight excluding hydrogens is 440 g/mol. The van der Waals surface area contributed by atoms with Crippen LogP contribution in [0.1, 0.15) is 70.0 Å². The number of aromatic hydroxyl groups is 1. The third-order valence-corrected chi connectivity index (χ3v) is 6.04. The molecule has 0 radical (unpaired) electrons. The van der Waals surface area contributed by atoms with Crippen molar-refractivity contribution in [2.75, 3.05) is 6.61 Å². The third-order valence-electron chi connectivity index (χ3n) is 5.55. The smallest absolute Gasteiger partial charge is 0.120 e. The molecule has 2 aromatic rings. The molecule has 0 bridgehead atoms. The Bertz CT molecular complexity index is 866. The number of ether oxygens (including phenoxy) is 1. The number of hydrogen-bond acceptors (Lipinski definition) is 4. The van der Waals surface area contributed by atoms with Crippen molar-refractivity contribution in [1.82, 2.24) is 10.6 Å². The van der Waals surface area contributed by atoms with Crippen LogP contribution in [0.4, 0.5) is 0 Å². The first-order valence-corrected chi connectivity index (χ1v) is 11.7. The van der Waals surface area contributed by atoms with Crippen LogP contribution in [0.5, 0.6) is 11.5 Å².